The second kappa shape index (κ2) is 3.34. The number of rotatable bonds is 0. The molecular weight excluding hydrogens is 208 g/mol. The molecule has 0 bridgehead atoms. The van der Waals surface area contributed by atoms with Crippen LogP contribution >= 0.6 is 0 Å². The summed E-state index contributed by atoms with van der Waals surface area (Å²) in [6.45, 7) is 2.16. The molecule has 2 aliphatic heterocycles. The zero-order valence-electron chi connectivity index (χ0n) is 9.56. The van der Waals surface area contributed by atoms with E-state index >= 15 is 0 Å². The third-order valence-electron chi connectivity index (χ3n) is 3.76. The Labute approximate surface area is 101 Å². The van der Waals surface area contributed by atoms with E-state index in [1.807, 2.05) is 0 Å². The topological polar surface area (TPSA) is 15.3 Å². The molecule has 4 rings (SSSR count). The summed E-state index contributed by atoms with van der Waals surface area (Å²) in [5, 5.41) is 3.58. The quantitative estimate of drug-likeness (QED) is 0.737. The van der Waals surface area contributed by atoms with E-state index in [4.69, 9.17) is 0 Å². The summed E-state index contributed by atoms with van der Waals surface area (Å²) in [5.74, 6) is 0. The molecule has 0 radical (unpaired) electrons. The molecule has 17 heavy (non-hydrogen) atoms. The van der Waals surface area contributed by atoms with Gasteiger partial charge in [-0.1, -0.05) is 42.5 Å². The van der Waals surface area contributed by atoms with Gasteiger partial charge in [0.2, 0.25) is 0 Å². The second-order valence-electron chi connectivity index (χ2n) is 4.65. The Balaban J connectivity index is 2.04. The van der Waals surface area contributed by atoms with Gasteiger partial charge in [-0.15, -0.1) is 0 Å². The Morgan fingerprint density at radius 3 is 2.65 bits per heavy atom. The third-order valence-corrected chi connectivity index (χ3v) is 3.76. The van der Waals surface area contributed by atoms with E-state index in [-0.39, 0.29) is 0 Å². The first-order chi connectivity index (χ1) is 8.45. The lowest BCUT2D eigenvalue weighted by Crippen LogP contribution is -2.30. The third kappa shape index (κ3) is 1.19. The van der Waals surface area contributed by atoms with E-state index in [2.05, 4.69) is 58.7 Å². The van der Waals surface area contributed by atoms with Crippen molar-refractivity contribution < 1.29 is 0 Å². The highest BCUT2D eigenvalue weighted by Gasteiger charge is 2.33. The zero-order chi connectivity index (χ0) is 11.2. The Bertz CT molecular complexity index is 525. The lowest BCUT2D eigenvalue weighted by molar-refractivity contribution is 0.640. The summed E-state index contributed by atoms with van der Waals surface area (Å²) in [6, 6.07) is 17.4. The predicted octanol–water partition coefficient (Wildman–Crippen LogP) is 2.78. The first kappa shape index (κ1) is 9.25. The lowest BCUT2D eigenvalue weighted by atomic mass is 9.92. The second-order valence-corrected chi connectivity index (χ2v) is 4.65. The first-order valence-corrected chi connectivity index (χ1v) is 6.13. The molecule has 1 atom stereocenters. The average molecular weight is 222 g/mol. The van der Waals surface area contributed by atoms with Crippen LogP contribution in [0, 0.1) is 0 Å². The predicted molar refractivity (Wildman–Crippen MR) is 70.0 cm³/mol. The van der Waals surface area contributed by atoms with Crippen molar-refractivity contribution in [2.75, 3.05) is 18.0 Å². The van der Waals surface area contributed by atoms with Crippen LogP contribution < -0.4 is 10.2 Å². The van der Waals surface area contributed by atoms with Gasteiger partial charge in [-0.25, -0.2) is 0 Å². The molecular formula is C15H14N2. The number of benzene rings is 2. The summed E-state index contributed by atoms with van der Waals surface area (Å²) >= 11 is 0. The van der Waals surface area contributed by atoms with E-state index in [1.165, 1.54) is 22.4 Å². The number of nitrogens with one attached hydrogen (secondary N) is 1. The van der Waals surface area contributed by atoms with Crippen LogP contribution in [0.4, 0.5) is 5.69 Å². The molecule has 2 nitrogen and oxygen atoms in total. The fraction of sp³-hybridized carbons (Fsp3) is 0.200. The van der Waals surface area contributed by atoms with Crippen LogP contribution in [0.15, 0.2) is 48.5 Å². The van der Waals surface area contributed by atoms with E-state index in [0.717, 1.165) is 13.1 Å². The highest BCUT2D eigenvalue weighted by atomic mass is 15.3. The van der Waals surface area contributed by atoms with Crippen molar-refractivity contribution in [1.82, 2.24) is 5.32 Å². The van der Waals surface area contributed by atoms with Gasteiger partial charge in [-0.2, -0.15) is 0 Å². The van der Waals surface area contributed by atoms with Crippen LogP contribution in [0.3, 0.4) is 0 Å². The molecule has 1 saturated heterocycles. The average Bonchev–Trinajstić information content (AvgIpc) is 2.89. The molecule has 0 aromatic heterocycles. The molecule has 1 fully saturated rings. The molecule has 1 N–H and O–H groups in total. The fourth-order valence-electron chi connectivity index (χ4n) is 3.03. The van der Waals surface area contributed by atoms with Gasteiger partial charge in [0.1, 0.15) is 6.17 Å². The highest BCUT2D eigenvalue weighted by Crippen LogP contribution is 2.44. The van der Waals surface area contributed by atoms with Crippen molar-refractivity contribution in [3.63, 3.8) is 0 Å². The molecule has 1 unspecified atom stereocenters. The van der Waals surface area contributed by atoms with Gasteiger partial charge in [-0.05, 0) is 17.2 Å². The maximum atomic E-state index is 3.58. The van der Waals surface area contributed by atoms with Gasteiger partial charge in [-0.3, -0.25) is 5.32 Å². The number of fused-ring (bicyclic) bond motifs is 6. The highest BCUT2D eigenvalue weighted by molar-refractivity contribution is 5.84. The number of nitrogens with zero attached hydrogens (tertiary/aromatic N) is 1. The first-order valence-electron chi connectivity index (χ1n) is 6.13. The van der Waals surface area contributed by atoms with Crippen LogP contribution in [-0.2, 0) is 0 Å². The molecule has 0 amide bonds. The van der Waals surface area contributed by atoms with Crippen LogP contribution in [-0.4, -0.2) is 13.1 Å². The van der Waals surface area contributed by atoms with Crippen molar-refractivity contribution in [3.05, 3.63) is 54.1 Å². The van der Waals surface area contributed by atoms with Crippen molar-refractivity contribution in [3.8, 4) is 11.1 Å². The van der Waals surface area contributed by atoms with E-state index in [9.17, 15) is 0 Å². The molecule has 2 aromatic rings. The minimum atomic E-state index is 0.362. The maximum Gasteiger partial charge on any atom is 0.106 e. The van der Waals surface area contributed by atoms with Gasteiger partial charge in [0.05, 0.1) is 0 Å². The molecule has 2 heteroatoms. The smallest absolute Gasteiger partial charge is 0.106 e. The largest absolute Gasteiger partial charge is 0.350 e. The van der Waals surface area contributed by atoms with Crippen LogP contribution in [0.2, 0.25) is 0 Å². The maximum absolute atomic E-state index is 3.58. The van der Waals surface area contributed by atoms with Gasteiger partial charge >= 0.3 is 0 Å². The van der Waals surface area contributed by atoms with Crippen LogP contribution in [0.25, 0.3) is 11.1 Å². The van der Waals surface area contributed by atoms with E-state index in [1.54, 1.807) is 0 Å². The molecule has 0 aliphatic carbocycles. The number of hydrogen-bond donors (Lipinski definition) is 1. The van der Waals surface area contributed by atoms with Crippen molar-refractivity contribution in [1.29, 1.82) is 0 Å². The van der Waals surface area contributed by atoms with E-state index < -0.39 is 0 Å². The molecule has 0 spiro atoms. The number of hydrogen-bond acceptors (Lipinski definition) is 2. The van der Waals surface area contributed by atoms with Crippen molar-refractivity contribution >= 4 is 5.69 Å². The minimum Gasteiger partial charge on any atom is -0.350 e. The summed E-state index contributed by atoms with van der Waals surface area (Å²) < 4.78 is 0. The molecule has 84 valence electrons. The van der Waals surface area contributed by atoms with Gasteiger partial charge in [0.15, 0.2) is 0 Å². The summed E-state index contributed by atoms with van der Waals surface area (Å²) in [4.78, 5) is 2.47. The molecule has 2 heterocycles. The van der Waals surface area contributed by atoms with E-state index in [0.29, 0.717) is 6.17 Å². The number of para-hydroxylation sites is 1. The van der Waals surface area contributed by atoms with Gasteiger partial charge in [0.25, 0.3) is 0 Å². The Morgan fingerprint density at radius 1 is 0.941 bits per heavy atom. The lowest BCUT2D eigenvalue weighted by Gasteiger charge is -2.34. The Kier molecular flexibility index (Phi) is 1.82. The standard InChI is InChI=1S/C15H14N2/c1-2-7-13-11(5-1)12-6-3-4-8-14(12)17-10-9-16-15(13)17/h1-8,15-16H,9-10H2. The summed E-state index contributed by atoms with van der Waals surface area (Å²) in [6.07, 6.45) is 0.362. The fourth-order valence-corrected chi connectivity index (χ4v) is 3.03. The van der Waals surface area contributed by atoms with Gasteiger partial charge in [0, 0.05) is 24.3 Å². The van der Waals surface area contributed by atoms with Crippen molar-refractivity contribution in [2.24, 2.45) is 0 Å². The summed E-state index contributed by atoms with van der Waals surface area (Å²) in [5.41, 5.74) is 5.51. The molecule has 2 aliphatic rings. The van der Waals surface area contributed by atoms with Gasteiger partial charge < -0.3 is 4.90 Å². The summed E-state index contributed by atoms with van der Waals surface area (Å²) in [7, 11) is 0. The Morgan fingerprint density at radius 2 is 1.71 bits per heavy atom. The SMILES string of the molecule is c1ccc2c(c1)-c1ccccc1N1CCNC21. The minimum absolute atomic E-state index is 0.362. The number of anilines is 1. The van der Waals surface area contributed by atoms with Crippen LogP contribution in [0.5, 0.6) is 0 Å². The monoisotopic (exact) mass is 222 g/mol. The molecule has 2 aromatic carbocycles. The zero-order valence-corrected chi connectivity index (χ0v) is 9.56. The normalized spacial score (nSPS) is 20.7. The molecule has 0 saturated carbocycles. The Hall–Kier alpha value is -1.80. The van der Waals surface area contributed by atoms with Crippen molar-refractivity contribution in [2.45, 2.75) is 6.17 Å². The van der Waals surface area contributed by atoms with Crippen LogP contribution in [0.1, 0.15) is 11.7 Å².